The van der Waals surface area contributed by atoms with Gasteiger partial charge in [-0.3, -0.25) is 4.79 Å². The largest absolute Gasteiger partial charge is 0.399 e. The van der Waals surface area contributed by atoms with Crippen LogP contribution in [0.3, 0.4) is 0 Å². The molecule has 3 rings (SSSR count). The molecule has 0 aromatic heterocycles. The molecule has 2 bridgehead atoms. The van der Waals surface area contributed by atoms with E-state index in [2.05, 4.69) is 0 Å². The molecule has 108 valence electrons. The maximum Gasteiger partial charge on any atom is 0.253 e. The summed E-state index contributed by atoms with van der Waals surface area (Å²) in [5.74, 6) is 2.45. The average Bonchev–Trinajstić information content (AvgIpc) is 2.98. The van der Waals surface area contributed by atoms with E-state index in [1.165, 1.54) is 25.7 Å². The number of nitrogens with zero attached hydrogens (tertiary/aromatic N) is 1. The smallest absolute Gasteiger partial charge is 0.253 e. The van der Waals surface area contributed by atoms with Gasteiger partial charge in [-0.2, -0.15) is 0 Å². The van der Waals surface area contributed by atoms with Crippen LogP contribution in [-0.2, 0) is 0 Å². The molecule has 0 heterocycles. The lowest BCUT2D eigenvalue weighted by atomic mass is 9.88. The van der Waals surface area contributed by atoms with Crippen molar-refractivity contribution in [2.24, 2.45) is 17.8 Å². The van der Waals surface area contributed by atoms with Crippen LogP contribution < -0.4 is 11.5 Å². The number of anilines is 2. The highest BCUT2D eigenvalue weighted by Gasteiger charge is 2.40. The predicted octanol–water partition coefficient (Wildman–Crippen LogP) is 2.36. The fourth-order valence-electron chi connectivity index (χ4n) is 4.06. The van der Waals surface area contributed by atoms with Gasteiger partial charge in [0.25, 0.3) is 5.91 Å². The van der Waals surface area contributed by atoms with E-state index in [4.69, 9.17) is 11.5 Å². The number of carbonyl (C=O) groups excluding carboxylic acids is 1. The maximum atomic E-state index is 12.5. The van der Waals surface area contributed by atoms with Crippen LogP contribution >= 0.6 is 0 Å². The highest BCUT2D eigenvalue weighted by molar-refractivity contribution is 5.96. The number of rotatable bonds is 3. The zero-order valence-electron chi connectivity index (χ0n) is 12.0. The van der Waals surface area contributed by atoms with E-state index in [0.29, 0.717) is 22.9 Å². The Hall–Kier alpha value is -1.71. The van der Waals surface area contributed by atoms with Crippen LogP contribution in [0.4, 0.5) is 11.4 Å². The van der Waals surface area contributed by atoms with Crippen LogP contribution in [-0.4, -0.2) is 24.4 Å². The van der Waals surface area contributed by atoms with Crippen LogP contribution in [0.15, 0.2) is 18.2 Å². The Morgan fingerprint density at radius 3 is 2.45 bits per heavy atom. The quantitative estimate of drug-likeness (QED) is 0.830. The van der Waals surface area contributed by atoms with Gasteiger partial charge in [0.15, 0.2) is 0 Å². The number of benzene rings is 1. The fourth-order valence-corrected chi connectivity index (χ4v) is 4.06. The second-order valence-electron chi connectivity index (χ2n) is 6.51. The van der Waals surface area contributed by atoms with E-state index >= 15 is 0 Å². The van der Waals surface area contributed by atoms with E-state index in [-0.39, 0.29) is 5.91 Å². The number of fused-ring (bicyclic) bond motifs is 2. The highest BCUT2D eigenvalue weighted by atomic mass is 16.2. The standard InChI is InChI=1S/C16H23N3O/c1-19(9-13-5-10-2-3-11(13)4-10)16(20)12-6-14(17)8-15(18)7-12/h6-8,10-11,13H,2-5,9,17-18H2,1H3. The van der Waals surface area contributed by atoms with E-state index < -0.39 is 0 Å². The summed E-state index contributed by atoms with van der Waals surface area (Å²) in [7, 11) is 1.88. The molecule has 20 heavy (non-hydrogen) atoms. The SMILES string of the molecule is CN(CC1CC2CCC1C2)C(=O)c1cc(N)cc(N)c1. The van der Waals surface area contributed by atoms with Crippen molar-refractivity contribution < 1.29 is 4.79 Å². The third-order valence-corrected chi connectivity index (χ3v) is 4.96. The summed E-state index contributed by atoms with van der Waals surface area (Å²) in [6, 6.07) is 5.08. The average molecular weight is 273 g/mol. The molecule has 0 aliphatic heterocycles. The summed E-state index contributed by atoms with van der Waals surface area (Å²) in [5, 5.41) is 0. The molecule has 4 N–H and O–H groups in total. The molecule has 2 aliphatic rings. The molecular formula is C16H23N3O. The summed E-state index contributed by atoms with van der Waals surface area (Å²) in [6.45, 7) is 0.856. The molecule has 3 unspecified atom stereocenters. The van der Waals surface area contributed by atoms with Crippen molar-refractivity contribution in [3.05, 3.63) is 23.8 Å². The van der Waals surface area contributed by atoms with Gasteiger partial charge in [-0.05, 0) is 55.2 Å². The van der Waals surface area contributed by atoms with Crippen molar-refractivity contribution in [3.8, 4) is 0 Å². The summed E-state index contributed by atoms with van der Waals surface area (Å²) >= 11 is 0. The fraction of sp³-hybridized carbons (Fsp3) is 0.562. The van der Waals surface area contributed by atoms with Gasteiger partial charge in [0, 0.05) is 30.5 Å². The van der Waals surface area contributed by atoms with Gasteiger partial charge >= 0.3 is 0 Å². The second-order valence-corrected chi connectivity index (χ2v) is 6.51. The van der Waals surface area contributed by atoms with Crippen molar-refractivity contribution in [3.63, 3.8) is 0 Å². The van der Waals surface area contributed by atoms with Crippen LogP contribution in [0.5, 0.6) is 0 Å². The minimum Gasteiger partial charge on any atom is -0.399 e. The van der Waals surface area contributed by atoms with E-state index in [1.54, 1.807) is 18.2 Å². The monoisotopic (exact) mass is 273 g/mol. The van der Waals surface area contributed by atoms with Gasteiger partial charge in [0.05, 0.1) is 0 Å². The molecule has 0 radical (unpaired) electrons. The Kier molecular flexibility index (Phi) is 3.32. The predicted molar refractivity (Wildman–Crippen MR) is 81.2 cm³/mol. The minimum atomic E-state index is 0.0202. The maximum absolute atomic E-state index is 12.5. The molecule has 1 aromatic rings. The van der Waals surface area contributed by atoms with Crippen molar-refractivity contribution in [1.29, 1.82) is 0 Å². The Labute approximate surface area is 120 Å². The molecule has 2 fully saturated rings. The zero-order valence-corrected chi connectivity index (χ0v) is 12.0. The molecule has 1 amide bonds. The molecule has 4 nitrogen and oxygen atoms in total. The number of hydrogen-bond donors (Lipinski definition) is 2. The molecule has 2 saturated carbocycles. The van der Waals surface area contributed by atoms with Gasteiger partial charge in [0.2, 0.25) is 0 Å². The Morgan fingerprint density at radius 2 is 1.90 bits per heavy atom. The number of nitrogen functional groups attached to an aromatic ring is 2. The second kappa shape index (κ2) is 5.00. The third kappa shape index (κ3) is 2.47. The van der Waals surface area contributed by atoms with E-state index in [1.807, 2.05) is 11.9 Å². The topological polar surface area (TPSA) is 72.3 Å². The van der Waals surface area contributed by atoms with E-state index in [0.717, 1.165) is 18.4 Å². The van der Waals surface area contributed by atoms with Crippen LogP contribution in [0, 0.1) is 17.8 Å². The molecule has 0 spiro atoms. The molecule has 2 aliphatic carbocycles. The molecule has 4 heteroatoms. The van der Waals surface area contributed by atoms with Gasteiger partial charge in [-0.25, -0.2) is 0 Å². The van der Waals surface area contributed by atoms with E-state index in [9.17, 15) is 4.79 Å². The molecule has 0 saturated heterocycles. The summed E-state index contributed by atoms with van der Waals surface area (Å²) in [4.78, 5) is 14.3. The van der Waals surface area contributed by atoms with Gasteiger partial charge in [-0.1, -0.05) is 6.42 Å². The highest BCUT2D eigenvalue weighted by Crippen LogP contribution is 2.48. The zero-order chi connectivity index (χ0) is 14.3. The van der Waals surface area contributed by atoms with Gasteiger partial charge in [0.1, 0.15) is 0 Å². The third-order valence-electron chi connectivity index (χ3n) is 4.96. The Balaban J connectivity index is 1.67. The first-order chi connectivity index (χ1) is 9.52. The lowest BCUT2D eigenvalue weighted by molar-refractivity contribution is 0.0754. The number of amides is 1. The summed E-state index contributed by atoms with van der Waals surface area (Å²) < 4.78 is 0. The number of carbonyl (C=O) groups is 1. The normalized spacial score (nSPS) is 27.8. The molecular weight excluding hydrogens is 250 g/mol. The summed E-state index contributed by atoms with van der Waals surface area (Å²) in [5.41, 5.74) is 13.2. The number of hydrogen-bond acceptors (Lipinski definition) is 3. The van der Waals surface area contributed by atoms with Crippen LogP contribution in [0.2, 0.25) is 0 Å². The summed E-state index contributed by atoms with van der Waals surface area (Å²) in [6.07, 6.45) is 5.41. The first-order valence-corrected chi connectivity index (χ1v) is 7.44. The molecule has 3 atom stereocenters. The first kappa shape index (κ1) is 13.3. The molecule has 1 aromatic carbocycles. The lowest BCUT2D eigenvalue weighted by Gasteiger charge is -2.27. The van der Waals surface area contributed by atoms with Crippen molar-refractivity contribution in [2.45, 2.75) is 25.7 Å². The lowest BCUT2D eigenvalue weighted by Crippen LogP contribution is -2.33. The van der Waals surface area contributed by atoms with Gasteiger partial charge < -0.3 is 16.4 Å². The van der Waals surface area contributed by atoms with Crippen molar-refractivity contribution in [1.82, 2.24) is 4.90 Å². The first-order valence-electron chi connectivity index (χ1n) is 7.44. The van der Waals surface area contributed by atoms with Crippen molar-refractivity contribution >= 4 is 17.3 Å². The Bertz CT molecular complexity index is 508. The minimum absolute atomic E-state index is 0.0202. The van der Waals surface area contributed by atoms with Crippen LogP contribution in [0.1, 0.15) is 36.0 Å². The number of nitrogens with two attached hydrogens (primary N) is 2. The van der Waals surface area contributed by atoms with Crippen LogP contribution in [0.25, 0.3) is 0 Å². The van der Waals surface area contributed by atoms with Gasteiger partial charge in [-0.15, -0.1) is 0 Å². The Morgan fingerprint density at radius 1 is 1.20 bits per heavy atom. The van der Waals surface area contributed by atoms with Crippen molar-refractivity contribution in [2.75, 3.05) is 25.1 Å².